The van der Waals surface area contributed by atoms with Crippen molar-refractivity contribution in [3.05, 3.63) is 34.1 Å². The summed E-state index contributed by atoms with van der Waals surface area (Å²) in [6, 6.07) is 3.50. The van der Waals surface area contributed by atoms with Crippen LogP contribution in [0, 0.1) is 21.3 Å². The molecule has 1 aromatic rings. The van der Waals surface area contributed by atoms with Crippen molar-refractivity contribution < 1.29 is 19.3 Å². The molecule has 1 fully saturated rings. The Hall–Kier alpha value is -2.38. The van der Waals surface area contributed by atoms with Crippen molar-refractivity contribution >= 4 is 62.4 Å². The normalized spacial score (nSPS) is 21.2. The number of fused-ring (bicyclic) bond motifs is 1. The molecule has 12 heteroatoms. The van der Waals surface area contributed by atoms with Gasteiger partial charge in [0, 0.05) is 0 Å². The third kappa shape index (κ3) is 2.66. The quantitative estimate of drug-likeness (QED) is 0.101. The summed E-state index contributed by atoms with van der Waals surface area (Å²) in [6.45, 7) is 0. The fourth-order valence-corrected chi connectivity index (χ4v) is 6.56. The van der Waals surface area contributed by atoms with Crippen LogP contribution in [-0.2, 0) is 4.79 Å². The van der Waals surface area contributed by atoms with Gasteiger partial charge < -0.3 is 0 Å². The first-order valence-electron chi connectivity index (χ1n) is 6.43. The van der Waals surface area contributed by atoms with Crippen molar-refractivity contribution in [2.45, 2.75) is 3.92 Å². The van der Waals surface area contributed by atoms with Crippen molar-refractivity contribution in [1.82, 2.24) is 0 Å². The minimum absolute atomic E-state index is 0.144. The summed E-state index contributed by atoms with van der Waals surface area (Å²) in [4.78, 5) is 23.4. The number of rotatable bonds is 3. The maximum atomic E-state index is 13.4. The SMILES string of the molecule is [B]c1cc(N2C(=O)[C@H]3CI3N=C2C(=N)/C(=N\O)[N+](=O)[O-])ccc1F. The minimum atomic E-state index is -1.96. The zero-order chi connectivity index (χ0) is 17.6. The Morgan fingerprint density at radius 1 is 1.62 bits per heavy atom. The van der Waals surface area contributed by atoms with E-state index in [-0.39, 0.29) is 26.8 Å². The van der Waals surface area contributed by atoms with E-state index in [0.29, 0.717) is 4.43 Å². The molecule has 0 aromatic heterocycles. The number of amides is 1. The van der Waals surface area contributed by atoms with Gasteiger partial charge in [0.15, 0.2) is 0 Å². The molecule has 3 rings (SSSR count). The molecule has 1 aromatic carbocycles. The van der Waals surface area contributed by atoms with Crippen LogP contribution in [0.2, 0.25) is 0 Å². The Bertz CT molecular complexity index is 845. The summed E-state index contributed by atoms with van der Waals surface area (Å²) < 4.78 is 18.0. The molecular formula is C12H8BFIN5O4. The predicted octanol–water partition coefficient (Wildman–Crippen LogP) is 0.252. The van der Waals surface area contributed by atoms with Crippen LogP contribution in [0.3, 0.4) is 0 Å². The molecule has 2 radical (unpaired) electrons. The van der Waals surface area contributed by atoms with Gasteiger partial charge in [-0.1, -0.05) is 0 Å². The Balaban J connectivity index is 2.08. The molecule has 24 heavy (non-hydrogen) atoms. The van der Waals surface area contributed by atoms with Crippen LogP contribution in [0.1, 0.15) is 0 Å². The summed E-state index contributed by atoms with van der Waals surface area (Å²) in [6.07, 6.45) is 0. The molecule has 0 unspecified atom stereocenters. The Morgan fingerprint density at radius 2 is 2.33 bits per heavy atom. The molecule has 1 atom stereocenters. The number of amidine groups is 2. The van der Waals surface area contributed by atoms with E-state index in [4.69, 9.17) is 18.5 Å². The van der Waals surface area contributed by atoms with E-state index in [2.05, 4.69) is 8.36 Å². The van der Waals surface area contributed by atoms with E-state index < -0.39 is 42.4 Å². The van der Waals surface area contributed by atoms with Crippen molar-refractivity contribution in [3.8, 4) is 0 Å². The molecule has 2 aliphatic rings. The molecule has 0 saturated carbocycles. The fourth-order valence-electron chi connectivity index (χ4n) is 2.11. The van der Waals surface area contributed by atoms with Gasteiger partial charge in [0.25, 0.3) is 0 Å². The van der Waals surface area contributed by atoms with Gasteiger partial charge in [0.1, 0.15) is 0 Å². The molecule has 2 N–H and O–H groups in total. The monoisotopic (exact) mass is 443 g/mol. The van der Waals surface area contributed by atoms with Crippen molar-refractivity contribution in [3.63, 3.8) is 0 Å². The van der Waals surface area contributed by atoms with Gasteiger partial charge in [0.05, 0.1) is 0 Å². The van der Waals surface area contributed by atoms with E-state index in [1.165, 1.54) is 12.1 Å². The zero-order valence-electron chi connectivity index (χ0n) is 11.8. The first-order chi connectivity index (χ1) is 11.3. The van der Waals surface area contributed by atoms with Crippen LogP contribution >= 0.6 is 20.1 Å². The average Bonchev–Trinajstić information content (AvgIpc) is 3.30. The third-order valence-corrected chi connectivity index (χ3v) is 7.77. The van der Waals surface area contributed by atoms with Gasteiger partial charge in [-0.25, -0.2) is 0 Å². The molecule has 1 saturated heterocycles. The van der Waals surface area contributed by atoms with Crippen LogP contribution in [0.4, 0.5) is 10.1 Å². The molecule has 9 nitrogen and oxygen atoms in total. The number of carbonyl (C=O) groups is 1. The Morgan fingerprint density at radius 3 is 2.92 bits per heavy atom. The van der Waals surface area contributed by atoms with Crippen molar-refractivity contribution in [2.75, 3.05) is 9.33 Å². The number of oxime groups is 1. The molecule has 122 valence electrons. The van der Waals surface area contributed by atoms with Crippen LogP contribution in [0.25, 0.3) is 0 Å². The second-order valence-electron chi connectivity index (χ2n) is 4.84. The van der Waals surface area contributed by atoms with Gasteiger partial charge in [-0.3, -0.25) is 0 Å². The molecule has 2 heterocycles. The summed E-state index contributed by atoms with van der Waals surface area (Å²) in [5.41, 5.74) is -0.861. The molecule has 1 amide bonds. The van der Waals surface area contributed by atoms with Crippen molar-refractivity contribution in [2.24, 2.45) is 8.36 Å². The first kappa shape index (κ1) is 16.5. The second kappa shape index (κ2) is 5.92. The first-order valence-corrected chi connectivity index (χ1v) is 10.2. The number of carbonyl (C=O) groups excluding carboxylic acids is 1. The molecule has 0 aliphatic carbocycles. The van der Waals surface area contributed by atoms with Gasteiger partial charge in [0.2, 0.25) is 0 Å². The summed E-state index contributed by atoms with van der Waals surface area (Å²) in [5, 5.41) is 30.1. The van der Waals surface area contributed by atoms with Gasteiger partial charge in [-0.05, 0) is 0 Å². The van der Waals surface area contributed by atoms with E-state index in [1.807, 2.05) is 0 Å². The molecule has 0 spiro atoms. The molecule has 0 bridgehead atoms. The van der Waals surface area contributed by atoms with Crippen LogP contribution < -0.4 is 10.4 Å². The van der Waals surface area contributed by atoms with Crippen LogP contribution in [-0.4, -0.2) is 49.6 Å². The summed E-state index contributed by atoms with van der Waals surface area (Å²) >= 11 is -1.96. The Kier molecular flexibility index (Phi) is 4.07. The van der Waals surface area contributed by atoms with Crippen LogP contribution in [0.5, 0.6) is 0 Å². The predicted molar refractivity (Wildman–Crippen MR) is 93.3 cm³/mol. The standard InChI is InChI=1S/C12H8BFIN5O4/c13-6-3-5(1-2-7(6)14)19-10(9(16)11(18-22)20(23)24)17-15-4-8(15)12(19)21/h1-3,8,16,22H,4H2/b16-9?,18-11+/t8-/m1/s1. The van der Waals surface area contributed by atoms with E-state index in [0.717, 1.165) is 11.0 Å². The van der Waals surface area contributed by atoms with E-state index in [1.54, 1.807) is 0 Å². The number of nitrogens with one attached hydrogen (secondary N) is 1. The molecular weight excluding hydrogens is 435 g/mol. The average molecular weight is 443 g/mol. The van der Waals surface area contributed by atoms with Gasteiger partial charge >= 0.3 is 143 Å². The van der Waals surface area contributed by atoms with Crippen LogP contribution in [0.15, 0.2) is 26.6 Å². The maximum absolute atomic E-state index is 13.4. The number of nitrogens with zero attached hydrogens (tertiary/aromatic N) is 4. The topological polar surface area (TPSA) is 132 Å². The summed E-state index contributed by atoms with van der Waals surface area (Å²) in [5.74, 6) is -2.44. The van der Waals surface area contributed by atoms with E-state index >= 15 is 0 Å². The van der Waals surface area contributed by atoms with Gasteiger partial charge in [-0.15, -0.1) is 0 Å². The fraction of sp³-hybridized carbons (Fsp3) is 0.167. The summed E-state index contributed by atoms with van der Waals surface area (Å²) in [7, 11) is 5.50. The number of hydrogen-bond donors (Lipinski definition) is 2. The number of nitro groups is 1. The second-order valence-corrected chi connectivity index (χ2v) is 9.82. The third-order valence-electron chi connectivity index (χ3n) is 3.34. The van der Waals surface area contributed by atoms with Crippen molar-refractivity contribution in [1.29, 1.82) is 5.41 Å². The Labute approximate surface area is 143 Å². The number of alkyl halides is 2. The zero-order valence-corrected chi connectivity index (χ0v) is 14.0. The number of hydrogen-bond acceptors (Lipinski definition) is 7. The van der Waals surface area contributed by atoms with E-state index in [9.17, 15) is 19.3 Å². The van der Waals surface area contributed by atoms with Gasteiger partial charge in [-0.2, -0.15) is 0 Å². The number of anilines is 1. The number of halogens is 2. The molecule has 2 aliphatic heterocycles. The number of benzene rings is 1.